The Labute approximate surface area is 184 Å². The van der Waals surface area contributed by atoms with Crippen molar-refractivity contribution in [1.29, 1.82) is 0 Å². The second kappa shape index (κ2) is 8.43. The summed E-state index contributed by atoms with van der Waals surface area (Å²) in [6, 6.07) is 18.6. The zero-order chi connectivity index (χ0) is 22.1. The van der Waals surface area contributed by atoms with Crippen LogP contribution in [0.15, 0.2) is 69.9 Å². The highest BCUT2D eigenvalue weighted by Gasteiger charge is 2.23. The lowest BCUT2D eigenvalue weighted by atomic mass is 10.1. The van der Waals surface area contributed by atoms with Gasteiger partial charge in [0, 0.05) is 30.1 Å². The SMILES string of the molecule is Cc1oc(-c2ccccc2)nc1Cn1c(=O)cc(C(=O)N2CCOCC2)c2ccccc21. The fourth-order valence-electron chi connectivity index (χ4n) is 4.04. The van der Waals surface area contributed by atoms with Crippen molar-refractivity contribution >= 4 is 16.8 Å². The Bertz CT molecular complexity index is 1330. The molecule has 0 spiro atoms. The quantitative estimate of drug-likeness (QED) is 0.496. The van der Waals surface area contributed by atoms with Crippen molar-refractivity contribution in [2.45, 2.75) is 13.5 Å². The van der Waals surface area contributed by atoms with Gasteiger partial charge in [0.2, 0.25) is 5.89 Å². The lowest BCUT2D eigenvalue weighted by Gasteiger charge is -2.27. The van der Waals surface area contributed by atoms with Gasteiger partial charge in [-0.05, 0) is 25.1 Å². The van der Waals surface area contributed by atoms with Crippen LogP contribution in [0, 0.1) is 6.92 Å². The third kappa shape index (κ3) is 3.71. The van der Waals surface area contributed by atoms with Gasteiger partial charge in [-0.2, -0.15) is 0 Å². The second-order valence-corrected chi connectivity index (χ2v) is 7.79. The molecule has 1 aliphatic rings. The van der Waals surface area contributed by atoms with Gasteiger partial charge in [-0.25, -0.2) is 4.98 Å². The first kappa shape index (κ1) is 20.2. The predicted molar refractivity (Wildman–Crippen MR) is 121 cm³/mol. The Morgan fingerprint density at radius 3 is 2.53 bits per heavy atom. The number of rotatable bonds is 4. The number of hydrogen-bond acceptors (Lipinski definition) is 5. The first-order valence-electron chi connectivity index (χ1n) is 10.6. The number of oxazole rings is 1. The number of benzene rings is 2. The molecule has 7 heteroatoms. The molecule has 32 heavy (non-hydrogen) atoms. The molecule has 0 atom stereocenters. The van der Waals surface area contributed by atoms with E-state index in [-0.39, 0.29) is 18.0 Å². The van der Waals surface area contributed by atoms with E-state index in [1.54, 1.807) is 9.47 Å². The van der Waals surface area contributed by atoms with Crippen LogP contribution >= 0.6 is 0 Å². The highest BCUT2D eigenvalue weighted by atomic mass is 16.5. The molecule has 3 heterocycles. The Hall–Kier alpha value is -3.71. The third-order valence-corrected chi connectivity index (χ3v) is 5.77. The van der Waals surface area contributed by atoms with Gasteiger partial charge in [-0.3, -0.25) is 9.59 Å². The molecule has 1 fully saturated rings. The van der Waals surface area contributed by atoms with Gasteiger partial charge in [0.05, 0.1) is 30.8 Å². The minimum Gasteiger partial charge on any atom is -0.441 e. The summed E-state index contributed by atoms with van der Waals surface area (Å²) < 4.78 is 12.9. The van der Waals surface area contributed by atoms with E-state index >= 15 is 0 Å². The van der Waals surface area contributed by atoms with Gasteiger partial charge >= 0.3 is 0 Å². The minimum absolute atomic E-state index is 0.141. The monoisotopic (exact) mass is 429 g/mol. The topological polar surface area (TPSA) is 77.6 Å². The van der Waals surface area contributed by atoms with Crippen LogP contribution in [0.2, 0.25) is 0 Å². The molecule has 7 nitrogen and oxygen atoms in total. The molecule has 162 valence electrons. The van der Waals surface area contributed by atoms with Crippen LogP contribution in [-0.4, -0.2) is 46.7 Å². The van der Waals surface area contributed by atoms with Crippen molar-refractivity contribution in [3.63, 3.8) is 0 Å². The lowest BCUT2D eigenvalue weighted by molar-refractivity contribution is 0.0304. The van der Waals surface area contributed by atoms with Crippen molar-refractivity contribution in [3.8, 4) is 11.5 Å². The van der Waals surface area contributed by atoms with Crippen molar-refractivity contribution in [2.24, 2.45) is 0 Å². The number of ether oxygens (including phenoxy) is 1. The summed E-state index contributed by atoms with van der Waals surface area (Å²) >= 11 is 0. The van der Waals surface area contributed by atoms with Gasteiger partial charge in [0.15, 0.2) is 0 Å². The molecule has 0 radical (unpaired) electrons. The third-order valence-electron chi connectivity index (χ3n) is 5.77. The summed E-state index contributed by atoms with van der Waals surface area (Å²) in [5.74, 6) is 1.04. The Kier molecular flexibility index (Phi) is 5.33. The van der Waals surface area contributed by atoms with E-state index in [1.807, 2.05) is 61.5 Å². The minimum atomic E-state index is -0.246. The first-order chi connectivity index (χ1) is 15.6. The van der Waals surface area contributed by atoms with E-state index in [1.165, 1.54) is 6.07 Å². The van der Waals surface area contributed by atoms with E-state index in [0.717, 1.165) is 10.9 Å². The molecule has 0 saturated carbocycles. The number of amides is 1. The highest BCUT2D eigenvalue weighted by molar-refractivity contribution is 6.06. The fourth-order valence-corrected chi connectivity index (χ4v) is 4.04. The molecule has 0 bridgehead atoms. The number of pyridine rings is 1. The molecule has 4 aromatic rings. The highest BCUT2D eigenvalue weighted by Crippen LogP contribution is 2.24. The number of aryl methyl sites for hydroxylation is 1. The Morgan fingerprint density at radius 2 is 1.75 bits per heavy atom. The molecular weight excluding hydrogens is 406 g/mol. The largest absolute Gasteiger partial charge is 0.441 e. The van der Waals surface area contributed by atoms with Crippen molar-refractivity contribution in [1.82, 2.24) is 14.5 Å². The van der Waals surface area contributed by atoms with Gasteiger partial charge in [-0.15, -0.1) is 0 Å². The van der Waals surface area contributed by atoms with Crippen LogP contribution in [0.1, 0.15) is 21.8 Å². The van der Waals surface area contributed by atoms with Crippen LogP contribution in [0.5, 0.6) is 0 Å². The van der Waals surface area contributed by atoms with Crippen LogP contribution in [-0.2, 0) is 11.3 Å². The maximum absolute atomic E-state index is 13.1. The summed E-state index contributed by atoms with van der Waals surface area (Å²) in [5.41, 5.74) is 2.43. The second-order valence-electron chi connectivity index (χ2n) is 7.79. The number of morpholine rings is 1. The average Bonchev–Trinajstić information content (AvgIpc) is 3.21. The molecule has 2 aromatic heterocycles. The standard InChI is InChI=1S/C25H23N3O4/c1-17-21(26-24(32-17)18-7-3-2-4-8-18)16-28-22-10-6-5-9-19(22)20(15-23(28)29)25(30)27-11-13-31-14-12-27/h2-10,15H,11-14,16H2,1H3. The van der Waals surface area contributed by atoms with E-state index < -0.39 is 0 Å². The lowest BCUT2D eigenvalue weighted by Crippen LogP contribution is -2.41. The summed E-state index contributed by atoms with van der Waals surface area (Å²) in [7, 11) is 0. The first-order valence-corrected chi connectivity index (χ1v) is 10.6. The molecule has 0 aliphatic carbocycles. The molecule has 1 saturated heterocycles. The molecule has 0 N–H and O–H groups in total. The van der Waals surface area contributed by atoms with Gasteiger partial charge in [0.1, 0.15) is 11.5 Å². The predicted octanol–water partition coefficient (Wildman–Crippen LogP) is 3.49. The van der Waals surface area contributed by atoms with E-state index in [4.69, 9.17) is 9.15 Å². The van der Waals surface area contributed by atoms with Crippen LogP contribution in [0.3, 0.4) is 0 Å². The summed E-state index contributed by atoms with van der Waals surface area (Å²) in [6.45, 7) is 4.17. The van der Waals surface area contributed by atoms with Crippen molar-refractivity contribution < 1.29 is 13.9 Å². The van der Waals surface area contributed by atoms with Gasteiger partial charge in [0.25, 0.3) is 11.5 Å². The maximum atomic E-state index is 13.1. The van der Waals surface area contributed by atoms with Gasteiger partial charge in [-0.1, -0.05) is 36.4 Å². The Morgan fingerprint density at radius 1 is 1.03 bits per heavy atom. The maximum Gasteiger partial charge on any atom is 0.254 e. The molecular formula is C25H23N3O4. The number of para-hydroxylation sites is 1. The number of fused-ring (bicyclic) bond motifs is 1. The molecule has 0 unspecified atom stereocenters. The Balaban J connectivity index is 1.55. The van der Waals surface area contributed by atoms with E-state index in [0.29, 0.717) is 54.7 Å². The molecule has 1 amide bonds. The number of carbonyl (C=O) groups excluding carboxylic acids is 1. The van der Waals surface area contributed by atoms with Crippen LogP contribution < -0.4 is 5.56 Å². The smallest absolute Gasteiger partial charge is 0.254 e. The van der Waals surface area contributed by atoms with E-state index in [2.05, 4.69) is 4.98 Å². The number of aromatic nitrogens is 2. The molecule has 1 aliphatic heterocycles. The normalized spacial score (nSPS) is 14.1. The van der Waals surface area contributed by atoms with Crippen molar-refractivity contribution in [2.75, 3.05) is 26.3 Å². The van der Waals surface area contributed by atoms with Crippen molar-refractivity contribution in [3.05, 3.63) is 88.0 Å². The zero-order valence-corrected chi connectivity index (χ0v) is 17.8. The van der Waals surface area contributed by atoms with Crippen LogP contribution in [0.4, 0.5) is 0 Å². The number of hydrogen-bond donors (Lipinski definition) is 0. The fraction of sp³-hybridized carbons (Fsp3) is 0.240. The zero-order valence-electron chi connectivity index (χ0n) is 17.8. The molecule has 2 aromatic carbocycles. The summed E-state index contributed by atoms with van der Waals surface area (Å²) in [6.07, 6.45) is 0. The summed E-state index contributed by atoms with van der Waals surface area (Å²) in [5, 5.41) is 0.744. The molecule has 5 rings (SSSR count). The van der Waals surface area contributed by atoms with E-state index in [9.17, 15) is 9.59 Å². The number of carbonyl (C=O) groups is 1. The van der Waals surface area contributed by atoms with Crippen LogP contribution in [0.25, 0.3) is 22.4 Å². The number of nitrogens with zero attached hydrogens (tertiary/aromatic N) is 3. The van der Waals surface area contributed by atoms with Gasteiger partial charge < -0.3 is 18.6 Å². The summed E-state index contributed by atoms with van der Waals surface area (Å²) in [4.78, 5) is 32.7. The average molecular weight is 429 g/mol.